The summed E-state index contributed by atoms with van der Waals surface area (Å²) in [5.74, 6) is 1.47. The number of hydrogen-bond donors (Lipinski definition) is 1. The third-order valence-electron chi connectivity index (χ3n) is 5.00. The fourth-order valence-corrected chi connectivity index (χ4v) is 3.60. The molecule has 0 atom stereocenters. The maximum atomic E-state index is 12.9. The molecule has 146 valence electrons. The third kappa shape index (κ3) is 4.29. The first-order valence-corrected chi connectivity index (χ1v) is 9.84. The van der Waals surface area contributed by atoms with Gasteiger partial charge in [0.2, 0.25) is 0 Å². The Morgan fingerprint density at radius 2 is 1.96 bits per heavy atom. The molecule has 0 saturated carbocycles. The SMILES string of the molecule is Cc1ccc(-c2cc(C(=O)N3CCCN(Cc4ccc(Cl)cc4)CC3)n[nH]2)o1. The summed E-state index contributed by atoms with van der Waals surface area (Å²) in [6, 6.07) is 13.5. The topological polar surface area (TPSA) is 65.4 Å². The molecule has 0 bridgehead atoms. The van der Waals surface area contributed by atoms with Crippen LogP contribution < -0.4 is 0 Å². The molecule has 6 nitrogen and oxygen atoms in total. The standard InChI is InChI=1S/C21H23ClN4O2/c1-15-3-8-20(28-15)18-13-19(24-23-18)21(27)26-10-2-9-25(11-12-26)14-16-4-6-17(22)7-5-16/h3-8,13H,2,9-12,14H2,1H3,(H,23,24). The highest BCUT2D eigenvalue weighted by Crippen LogP contribution is 2.21. The van der Waals surface area contributed by atoms with Gasteiger partial charge in [-0.3, -0.25) is 14.8 Å². The Hall–Kier alpha value is -2.57. The van der Waals surface area contributed by atoms with Crippen LogP contribution >= 0.6 is 11.6 Å². The molecule has 1 fully saturated rings. The van der Waals surface area contributed by atoms with Crippen LogP contribution in [0.1, 0.15) is 28.2 Å². The zero-order valence-electron chi connectivity index (χ0n) is 15.8. The number of halogens is 1. The molecule has 0 spiro atoms. The van der Waals surface area contributed by atoms with Gasteiger partial charge in [0.25, 0.3) is 5.91 Å². The highest BCUT2D eigenvalue weighted by molar-refractivity contribution is 6.30. The summed E-state index contributed by atoms with van der Waals surface area (Å²) in [5, 5.41) is 7.85. The molecule has 0 radical (unpaired) electrons. The first-order chi connectivity index (χ1) is 13.6. The molecule has 1 aromatic carbocycles. The van der Waals surface area contributed by atoms with E-state index in [1.165, 1.54) is 5.56 Å². The molecule has 2 aromatic heterocycles. The molecule has 0 aliphatic carbocycles. The van der Waals surface area contributed by atoms with E-state index in [-0.39, 0.29) is 5.91 Å². The molecule has 7 heteroatoms. The Balaban J connectivity index is 1.38. The van der Waals surface area contributed by atoms with Crippen molar-refractivity contribution in [2.45, 2.75) is 19.9 Å². The zero-order valence-corrected chi connectivity index (χ0v) is 16.6. The molecule has 1 saturated heterocycles. The minimum Gasteiger partial charge on any atom is -0.460 e. The number of aromatic amines is 1. The van der Waals surface area contributed by atoms with Crippen molar-refractivity contribution in [1.82, 2.24) is 20.0 Å². The van der Waals surface area contributed by atoms with E-state index in [9.17, 15) is 4.79 Å². The van der Waals surface area contributed by atoms with Crippen LogP contribution in [0, 0.1) is 6.92 Å². The summed E-state index contributed by atoms with van der Waals surface area (Å²) in [6.45, 7) is 5.97. The first-order valence-electron chi connectivity index (χ1n) is 9.47. The number of aromatic nitrogens is 2. The molecular weight excluding hydrogens is 376 g/mol. The van der Waals surface area contributed by atoms with Gasteiger partial charge in [-0.05, 0) is 43.2 Å². The van der Waals surface area contributed by atoms with Crippen molar-refractivity contribution in [2.75, 3.05) is 26.2 Å². The Morgan fingerprint density at radius 3 is 2.71 bits per heavy atom. The van der Waals surface area contributed by atoms with E-state index in [1.54, 1.807) is 6.07 Å². The lowest BCUT2D eigenvalue weighted by molar-refractivity contribution is 0.0755. The molecule has 3 heterocycles. The van der Waals surface area contributed by atoms with E-state index < -0.39 is 0 Å². The van der Waals surface area contributed by atoms with Gasteiger partial charge < -0.3 is 9.32 Å². The van der Waals surface area contributed by atoms with Crippen LogP contribution in [0.3, 0.4) is 0 Å². The largest absolute Gasteiger partial charge is 0.460 e. The van der Waals surface area contributed by atoms with Crippen molar-refractivity contribution >= 4 is 17.5 Å². The number of amides is 1. The van der Waals surface area contributed by atoms with E-state index in [4.69, 9.17) is 16.0 Å². The number of rotatable bonds is 4. The number of H-pyrrole nitrogens is 1. The van der Waals surface area contributed by atoms with Crippen molar-refractivity contribution in [2.24, 2.45) is 0 Å². The van der Waals surface area contributed by atoms with Crippen molar-refractivity contribution in [3.8, 4) is 11.5 Å². The van der Waals surface area contributed by atoms with Crippen LogP contribution in [-0.4, -0.2) is 52.1 Å². The highest BCUT2D eigenvalue weighted by atomic mass is 35.5. The van der Waals surface area contributed by atoms with Gasteiger partial charge in [-0.15, -0.1) is 0 Å². The Kier molecular flexibility index (Phi) is 5.50. The number of hydrogen-bond acceptors (Lipinski definition) is 4. The molecule has 1 amide bonds. The Labute approximate surface area is 169 Å². The Bertz CT molecular complexity index is 947. The number of furan rings is 1. The highest BCUT2D eigenvalue weighted by Gasteiger charge is 2.23. The van der Waals surface area contributed by atoms with E-state index in [1.807, 2.05) is 36.1 Å². The maximum Gasteiger partial charge on any atom is 0.274 e. The van der Waals surface area contributed by atoms with E-state index in [0.717, 1.165) is 49.1 Å². The van der Waals surface area contributed by atoms with Crippen LogP contribution in [0.25, 0.3) is 11.5 Å². The normalized spacial score (nSPS) is 15.6. The molecule has 1 aliphatic heterocycles. The molecule has 1 aliphatic rings. The summed E-state index contributed by atoms with van der Waals surface area (Å²) in [4.78, 5) is 17.1. The predicted molar refractivity (Wildman–Crippen MR) is 108 cm³/mol. The second-order valence-corrected chi connectivity index (χ2v) is 7.56. The van der Waals surface area contributed by atoms with E-state index >= 15 is 0 Å². The number of benzene rings is 1. The molecular formula is C21H23ClN4O2. The number of carbonyl (C=O) groups is 1. The fourth-order valence-electron chi connectivity index (χ4n) is 3.48. The summed E-state index contributed by atoms with van der Waals surface area (Å²) in [7, 11) is 0. The van der Waals surface area contributed by atoms with Gasteiger partial charge in [0, 0.05) is 43.8 Å². The zero-order chi connectivity index (χ0) is 19.5. The van der Waals surface area contributed by atoms with Crippen molar-refractivity contribution in [1.29, 1.82) is 0 Å². The van der Waals surface area contributed by atoms with Crippen LogP contribution in [0.4, 0.5) is 0 Å². The lowest BCUT2D eigenvalue weighted by Gasteiger charge is -2.21. The predicted octanol–water partition coefficient (Wildman–Crippen LogP) is 3.98. The van der Waals surface area contributed by atoms with Crippen LogP contribution in [0.2, 0.25) is 5.02 Å². The average molecular weight is 399 g/mol. The van der Waals surface area contributed by atoms with Crippen LogP contribution in [0.15, 0.2) is 46.9 Å². The fraction of sp³-hybridized carbons (Fsp3) is 0.333. The van der Waals surface area contributed by atoms with Crippen LogP contribution in [-0.2, 0) is 6.54 Å². The van der Waals surface area contributed by atoms with E-state index in [0.29, 0.717) is 18.0 Å². The summed E-state index contributed by atoms with van der Waals surface area (Å²) in [5.41, 5.74) is 2.38. The lowest BCUT2D eigenvalue weighted by Crippen LogP contribution is -2.35. The first kappa shape index (κ1) is 18.8. The van der Waals surface area contributed by atoms with Gasteiger partial charge in [-0.25, -0.2) is 0 Å². The molecule has 1 N–H and O–H groups in total. The molecule has 3 aromatic rings. The minimum absolute atomic E-state index is 0.0425. The second-order valence-electron chi connectivity index (χ2n) is 7.13. The molecule has 0 unspecified atom stereocenters. The van der Waals surface area contributed by atoms with Gasteiger partial charge in [0.15, 0.2) is 11.5 Å². The number of nitrogens with one attached hydrogen (secondary N) is 1. The quantitative estimate of drug-likeness (QED) is 0.721. The monoisotopic (exact) mass is 398 g/mol. The van der Waals surface area contributed by atoms with Gasteiger partial charge in [-0.1, -0.05) is 23.7 Å². The number of carbonyl (C=O) groups excluding carboxylic acids is 1. The minimum atomic E-state index is -0.0425. The number of nitrogens with zero attached hydrogens (tertiary/aromatic N) is 3. The maximum absolute atomic E-state index is 12.9. The third-order valence-corrected chi connectivity index (χ3v) is 5.25. The van der Waals surface area contributed by atoms with Gasteiger partial charge in [0.1, 0.15) is 11.5 Å². The van der Waals surface area contributed by atoms with E-state index in [2.05, 4.69) is 27.2 Å². The van der Waals surface area contributed by atoms with Gasteiger partial charge in [0.05, 0.1) is 0 Å². The van der Waals surface area contributed by atoms with Crippen molar-refractivity contribution in [3.05, 3.63) is 64.5 Å². The molecule has 4 rings (SSSR count). The average Bonchev–Trinajstić information content (AvgIpc) is 3.28. The van der Waals surface area contributed by atoms with Crippen molar-refractivity contribution < 1.29 is 9.21 Å². The number of aryl methyl sites for hydroxylation is 1. The summed E-state index contributed by atoms with van der Waals surface area (Å²) in [6.07, 6.45) is 0.938. The van der Waals surface area contributed by atoms with Crippen molar-refractivity contribution in [3.63, 3.8) is 0 Å². The summed E-state index contributed by atoms with van der Waals surface area (Å²) < 4.78 is 5.60. The second kappa shape index (κ2) is 8.20. The van der Waals surface area contributed by atoms with Gasteiger partial charge >= 0.3 is 0 Å². The molecule has 28 heavy (non-hydrogen) atoms. The smallest absolute Gasteiger partial charge is 0.274 e. The lowest BCUT2D eigenvalue weighted by atomic mass is 10.2. The van der Waals surface area contributed by atoms with Gasteiger partial charge in [-0.2, -0.15) is 5.10 Å². The Morgan fingerprint density at radius 1 is 1.14 bits per heavy atom. The summed E-state index contributed by atoms with van der Waals surface area (Å²) >= 11 is 5.96. The van der Waals surface area contributed by atoms with Crippen LogP contribution in [0.5, 0.6) is 0 Å².